The molecule has 3 rings (SSSR count). The van der Waals surface area contributed by atoms with Gasteiger partial charge < -0.3 is 10.1 Å². The highest BCUT2D eigenvalue weighted by atomic mass is 16.5. The molecule has 1 N–H and O–H groups in total. The summed E-state index contributed by atoms with van der Waals surface area (Å²) in [4.78, 5) is 28.8. The van der Waals surface area contributed by atoms with Crippen LogP contribution in [0.1, 0.15) is 35.4 Å². The minimum atomic E-state index is -0.260. The van der Waals surface area contributed by atoms with E-state index in [0.29, 0.717) is 17.8 Å². The van der Waals surface area contributed by atoms with Crippen molar-refractivity contribution in [2.24, 2.45) is 0 Å². The van der Waals surface area contributed by atoms with E-state index in [2.05, 4.69) is 25.3 Å². The number of ether oxygens (including phenoxy) is 1. The maximum absolute atomic E-state index is 12.3. The number of aromatic nitrogens is 5. The minimum absolute atomic E-state index is 0.216. The molecular formula is C15H16N6O2. The van der Waals surface area contributed by atoms with Gasteiger partial charge in [-0.1, -0.05) is 6.92 Å². The van der Waals surface area contributed by atoms with Crippen molar-refractivity contribution >= 4 is 11.7 Å². The first-order valence-electron chi connectivity index (χ1n) is 7.17. The smallest absolute Gasteiger partial charge is 0.316 e. The van der Waals surface area contributed by atoms with Crippen LogP contribution < -0.4 is 10.1 Å². The van der Waals surface area contributed by atoms with Gasteiger partial charge in [-0.05, 0) is 12.5 Å². The average Bonchev–Trinajstić information content (AvgIpc) is 3.03. The molecule has 118 valence electrons. The van der Waals surface area contributed by atoms with Crippen LogP contribution in [-0.2, 0) is 0 Å². The number of nitrogens with one attached hydrogen (secondary N) is 1. The van der Waals surface area contributed by atoms with Crippen molar-refractivity contribution in [3.8, 4) is 6.01 Å². The van der Waals surface area contributed by atoms with Crippen LogP contribution in [0, 0.1) is 0 Å². The predicted octanol–water partition coefficient (Wildman–Crippen LogP) is 1.41. The molecular weight excluding hydrogens is 296 g/mol. The summed E-state index contributed by atoms with van der Waals surface area (Å²) in [5, 5.41) is 2.93. The van der Waals surface area contributed by atoms with Gasteiger partial charge in [0, 0.05) is 31.0 Å². The van der Waals surface area contributed by atoms with E-state index in [1.807, 2.05) is 29.8 Å². The summed E-state index contributed by atoms with van der Waals surface area (Å²) < 4.78 is 6.70. The van der Waals surface area contributed by atoms with Crippen LogP contribution in [0.2, 0.25) is 0 Å². The second-order valence-corrected chi connectivity index (χ2v) is 4.89. The fraction of sp³-hybridized carbons (Fsp3) is 0.267. The zero-order chi connectivity index (χ0) is 16.2. The molecule has 0 aromatic carbocycles. The zero-order valence-electron chi connectivity index (χ0n) is 12.8. The molecule has 0 aliphatic heterocycles. The zero-order valence-corrected chi connectivity index (χ0v) is 12.8. The van der Waals surface area contributed by atoms with Crippen molar-refractivity contribution < 1.29 is 9.53 Å². The van der Waals surface area contributed by atoms with Gasteiger partial charge in [-0.25, -0.2) is 19.9 Å². The minimum Gasteiger partial charge on any atom is -0.467 e. The summed E-state index contributed by atoms with van der Waals surface area (Å²) in [6.45, 7) is 1.98. The predicted molar refractivity (Wildman–Crippen MR) is 82.1 cm³/mol. The highest BCUT2D eigenvalue weighted by Crippen LogP contribution is 2.16. The number of carbonyl (C=O) groups excluding carboxylic acids is 1. The summed E-state index contributed by atoms with van der Waals surface area (Å²) in [5.41, 5.74) is 1.13. The third-order valence-electron chi connectivity index (χ3n) is 3.40. The highest BCUT2D eigenvalue weighted by molar-refractivity contribution is 5.93. The van der Waals surface area contributed by atoms with Gasteiger partial charge in [0.25, 0.3) is 5.91 Å². The van der Waals surface area contributed by atoms with E-state index in [9.17, 15) is 4.79 Å². The Kier molecular flexibility index (Phi) is 4.13. The Labute approximate surface area is 132 Å². The maximum Gasteiger partial charge on any atom is 0.316 e. The Hall–Kier alpha value is -3.03. The van der Waals surface area contributed by atoms with Gasteiger partial charge in [0.2, 0.25) is 5.78 Å². The van der Waals surface area contributed by atoms with E-state index in [-0.39, 0.29) is 18.0 Å². The number of carbonyl (C=O) groups is 1. The van der Waals surface area contributed by atoms with E-state index < -0.39 is 0 Å². The molecule has 1 atom stereocenters. The molecule has 0 spiro atoms. The molecule has 1 amide bonds. The SMILES string of the molecule is CCC(NC(=O)c1cnc(OC)nc1)c1cn2cccnc2n1. The van der Waals surface area contributed by atoms with Crippen LogP contribution in [0.25, 0.3) is 5.78 Å². The first-order chi connectivity index (χ1) is 11.2. The standard InChI is InChI=1S/C15H16N6O2/c1-3-11(12-9-21-6-4-5-16-14(21)20-12)19-13(22)10-7-17-15(23-2)18-8-10/h4-9,11H,3H2,1-2H3,(H,19,22). The van der Waals surface area contributed by atoms with Crippen molar-refractivity contribution in [3.05, 3.63) is 48.3 Å². The summed E-state index contributed by atoms with van der Waals surface area (Å²) in [7, 11) is 1.47. The Balaban J connectivity index is 1.79. The van der Waals surface area contributed by atoms with Gasteiger partial charge in [-0.3, -0.25) is 9.20 Å². The molecule has 3 aromatic heterocycles. The number of methoxy groups -OCH3 is 1. The average molecular weight is 312 g/mol. The molecule has 0 saturated carbocycles. The third kappa shape index (κ3) is 3.10. The van der Waals surface area contributed by atoms with Crippen LogP contribution in [0.15, 0.2) is 37.1 Å². The van der Waals surface area contributed by atoms with Crippen molar-refractivity contribution in [1.82, 2.24) is 29.7 Å². The number of rotatable bonds is 5. The van der Waals surface area contributed by atoms with E-state index >= 15 is 0 Å². The molecule has 8 heteroatoms. The van der Waals surface area contributed by atoms with Gasteiger partial charge in [0.05, 0.1) is 24.4 Å². The molecule has 0 aliphatic carbocycles. The van der Waals surface area contributed by atoms with Crippen LogP contribution in [0.5, 0.6) is 6.01 Å². The van der Waals surface area contributed by atoms with Gasteiger partial charge >= 0.3 is 6.01 Å². The molecule has 0 radical (unpaired) electrons. The summed E-state index contributed by atoms with van der Waals surface area (Å²) >= 11 is 0. The second-order valence-electron chi connectivity index (χ2n) is 4.89. The van der Waals surface area contributed by atoms with Crippen LogP contribution >= 0.6 is 0 Å². The lowest BCUT2D eigenvalue weighted by Crippen LogP contribution is -2.28. The molecule has 23 heavy (non-hydrogen) atoms. The van der Waals surface area contributed by atoms with E-state index in [1.165, 1.54) is 19.5 Å². The number of amides is 1. The third-order valence-corrected chi connectivity index (χ3v) is 3.40. The van der Waals surface area contributed by atoms with Crippen LogP contribution in [0.4, 0.5) is 0 Å². The highest BCUT2D eigenvalue weighted by Gasteiger charge is 2.18. The van der Waals surface area contributed by atoms with Gasteiger partial charge in [-0.2, -0.15) is 0 Å². The van der Waals surface area contributed by atoms with Crippen LogP contribution in [0.3, 0.4) is 0 Å². The van der Waals surface area contributed by atoms with Gasteiger partial charge in [0.1, 0.15) is 0 Å². The maximum atomic E-state index is 12.3. The first kappa shape index (κ1) is 14.9. The summed E-state index contributed by atoms with van der Waals surface area (Å²) in [6.07, 6.45) is 8.97. The summed E-state index contributed by atoms with van der Waals surface area (Å²) in [5.74, 6) is 0.340. The van der Waals surface area contributed by atoms with E-state index in [1.54, 1.807) is 6.20 Å². The lowest BCUT2D eigenvalue weighted by molar-refractivity contribution is 0.0934. The second kappa shape index (κ2) is 6.39. The lowest BCUT2D eigenvalue weighted by Gasteiger charge is -2.14. The number of nitrogens with zero attached hydrogens (tertiary/aromatic N) is 5. The fourth-order valence-electron chi connectivity index (χ4n) is 2.18. The molecule has 0 bridgehead atoms. The van der Waals surface area contributed by atoms with Crippen LogP contribution in [-0.4, -0.2) is 37.4 Å². The normalized spacial score (nSPS) is 12.1. The van der Waals surface area contributed by atoms with Crippen molar-refractivity contribution in [2.45, 2.75) is 19.4 Å². The number of hydrogen-bond donors (Lipinski definition) is 1. The van der Waals surface area contributed by atoms with E-state index in [0.717, 1.165) is 5.69 Å². The monoisotopic (exact) mass is 312 g/mol. The van der Waals surface area contributed by atoms with Gasteiger partial charge in [-0.15, -0.1) is 0 Å². The fourth-order valence-corrected chi connectivity index (χ4v) is 2.18. The Morgan fingerprint density at radius 2 is 2.13 bits per heavy atom. The molecule has 3 heterocycles. The molecule has 0 fully saturated rings. The Bertz CT molecular complexity index is 781. The first-order valence-corrected chi connectivity index (χ1v) is 7.17. The van der Waals surface area contributed by atoms with Gasteiger partial charge in [0.15, 0.2) is 0 Å². The quantitative estimate of drug-likeness (QED) is 0.765. The van der Waals surface area contributed by atoms with Crippen molar-refractivity contribution in [3.63, 3.8) is 0 Å². The topological polar surface area (TPSA) is 94.3 Å². The molecule has 0 aliphatic rings. The Morgan fingerprint density at radius 1 is 1.35 bits per heavy atom. The van der Waals surface area contributed by atoms with E-state index in [4.69, 9.17) is 4.74 Å². The summed E-state index contributed by atoms with van der Waals surface area (Å²) in [6, 6.07) is 1.83. The number of fused-ring (bicyclic) bond motifs is 1. The molecule has 0 saturated heterocycles. The lowest BCUT2D eigenvalue weighted by atomic mass is 10.1. The largest absolute Gasteiger partial charge is 0.467 e. The van der Waals surface area contributed by atoms with Crippen molar-refractivity contribution in [1.29, 1.82) is 0 Å². The number of imidazole rings is 1. The Morgan fingerprint density at radius 3 is 2.78 bits per heavy atom. The molecule has 8 nitrogen and oxygen atoms in total. The molecule has 3 aromatic rings. The van der Waals surface area contributed by atoms with Crippen molar-refractivity contribution in [2.75, 3.05) is 7.11 Å². The molecule has 1 unspecified atom stereocenters. The number of hydrogen-bond acceptors (Lipinski definition) is 6.